The number of benzene rings is 1. The van der Waals surface area contributed by atoms with E-state index in [9.17, 15) is 0 Å². The molecule has 1 fully saturated rings. The van der Waals surface area contributed by atoms with Crippen LogP contribution in [0.2, 0.25) is 0 Å². The standard InChI is InChI=1S/C15H16N4O/c16-8-13-10-19(5-6-20-13)9-12-7-11-3-1-2-4-14(11)18-15(12)17/h1-4,7,13H,5-6,9-10H2,(H2,17,18). The number of rotatable bonds is 2. The Morgan fingerprint density at radius 3 is 3.15 bits per heavy atom. The normalized spacial score (nSPS) is 19.9. The van der Waals surface area contributed by atoms with Gasteiger partial charge in [0, 0.05) is 30.6 Å². The smallest absolute Gasteiger partial charge is 0.156 e. The van der Waals surface area contributed by atoms with E-state index in [-0.39, 0.29) is 6.10 Å². The highest BCUT2D eigenvalue weighted by atomic mass is 16.5. The molecule has 2 N–H and O–H groups in total. The summed E-state index contributed by atoms with van der Waals surface area (Å²) < 4.78 is 5.35. The van der Waals surface area contributed by atoms with Crippen molar-refractivity contribution in [2.24, 2.45) is 0 Å². The molecular weight excluding hydrogens is 252 g/mol. The average Bonchev–Trinajstić information content (AvgIpc) is 2.48. The van der Waals surface area contributed by atoms with Crippen LogP contribution in [-0.2, 0) is 11.3 Å². The van der Waals surface area contributed by atoms with E-state index < -0.39 is 0 Å². The fourth-order valence-electron chi connectivity index (χ4n) is 2.47. The Balaban J connectivity index is 1.83. The van der Waals surface area contributed by atoms with E-state index in [0.717, 1.165) is 23.0 Å². The molecule has 0 amide bonds. The third-order valence-corrected chi connectivity index (χ3v) is 3.52. The molecule has 20 heavy (non-hydrogen) atoms. The zero-order valence-corrected chi connectivity index (χ0v) is 11.1. The first-order chi connectivity index (χ1) is 9.76. The van der Waals surface area contributed by atoms with Crippen LogP contribution in [0.4, 0.5) is 5.82 Å². The second-order valence-corrected chi connectivity index (χ2v) is 4.95. The van der Waals surface area contributed by atoms with Gasteiger partial charge in [-0.3, -0.25) is 4.90 Å². The number of hydrogen-bond donors (Lipinski definition) is 1. The minimum Gasteiger partial charge on any atom is -0.383 e. The highest BCUT2D eigenvalue weighted by Gasteiger charge is 2.20. The Morgan fingerprint density at radius 2 is 2.30 bits per heavy atom. The van der Waals surface area contributed by atoms with Gasteiger partial charge in [0.1, 0.15) is 5.82 Å². The fraction of sp³-hybridized carbons (Fsp3) is 0.333. The quantitative estimate of drug-likeness (QED) is 0.894. The molecule has 5 heteroatoms. The fourth-order valence-corrected chi connectivity index (χ4v) is 2.47. The zero-order chi connectivity index (χ0) is 13.9. The van der Waals surface area contributed by atoms with Gasteiger partial charge in [-0.05, 0) is 12.1 Å². The molecule has 1 aliphatic rings. The van der Waals surface area contributed by atoms with Crippen molar-refractivity contribution in [2.45, 2.75) is 12.6 Å². The van der Waals surface area contributed by atoms with Crippen molar-refractivity contribution in [2.75, 3.05) is 25.4 Å². The van der Waals surface area contributed by atoms with Crippen LogP contribution in [-0.4, -0.2) is 35.7 Å². The number of nitrogens with two attached hydrogens (primary N) is 1. The van der Waals surface area contributed by atoms with Gasteiger partial charge in [-0.1, -0.05) is 18.2 Å². The number of pyridine rings is 1. The number of fused-ring (bicyclic) bond motifs is 1. The highest BCUT2D eigenvalue weighted by Crippen LogP contribution is 2.20. The van der Waals surface area contributed by atoms with Crippen LogP contribution >= 0.6 is 0 Å². The lowest BCUT2D eigenvalue weighted by atomic mass is 10.1. The maximum atomic E-state index is 8.93. The predicted octanol–water partition coefficient (Wildman–Crippen LogP) is 1.54. The molecule has 102 valence electrons. The van der Waals surface area contributed by atoms with Crippen LogP contribution in [0.5, 0.6) is 0 Å². The summed E-state index contributed by atoms with van der Waals surface area (Å²) >= 11 is 0. The van der Waals surface area contributed by atoms with Crippen LogP contribution in [0.15, 0.2) is 30.3 Å². The molecule has 2 aromatic rings. The minimum atomic E-state index is -0.349. The first kappa shape index (κ1) is 12.9. The van der Waals surface area contributed by atoms with Gasteiger partial charge in [-0.15, -0.1) is 0 Å². The lowest BCUT2D eigenvalue weighted by molar-refractivity contribution is -0.00263. The molecule has 2 heterocycles. The van der Waals surface area contributed by atoms with Crippen molar-refractivity contribution >= 4 is 16.7 Å². The SMILES string of the molecule is N#CC1CN(Cc2cc3ccccc3nc2N)CCO1. The van der Waals surface area contributed by atoms with Gasteiger partial charge in [0.25, 0.3) is 0 Å². The molecule has 5 nitrogen and oxygen atoms in total. The van der Waals surface area contributed by atoms with Crippen molar-refractivity contribution in [3.05, 3.63) is 35.9 Å². The first-order valence-corrected chi connectivity index (χ1v) is 6.64. The maximum absolute atomic E-state index is 8.93. The largest absolute Gasteiger partial charge is 0.383 e. The molecule has 3 rings (SSSR count). The third-order valence-electron chi connectivity index (χ3n) is 3.52. The summed E-state index contributed by atoms with van der Waals surface area (Å²) in [7, 11) is 0. The van der Waals surface area contributed by atoms with Crippen molar-refractivity contribution in [3.8, 4) is 6.07 Å². The summed E-state index contributed by atoms with van der Waals surface area (Å²) in [6, 6.07) is 12.2. The second-order valence-electron chi connectivity index (χ2n) is 4.95. The van der Waals surface area contributed by atoms with Gasteiger partial charge in [0.15, 0.2) is 6.10 Å². The molecule has 0 saturated carbocycles. The first-order valence-electron chi connectivity index (χ1n) is 6.64. The zero-order valence-electron chi connectivity index (χ0n) is 11.1. The van der Waals surface area contributed by atoms with E-state index in [1.54, 1.807) is 0 Å². The second kappa shape index (κ2) is 5.45. The molecule has 0 spiro atoms. The Bertz CT molecular complexity index is 664. The van der Waals surface area contributed by atoms with Gasteiger partial charge in [-0.2, -0.15) is 5.26 Å². The van der Waals surface area contributed by atoms with Gasteiger partial charge < -0.3 is 10.5 Å². The lowest BCUT2D eigenvalue weighted by Gasteiger charge is -2.29. The number of nitrogens with zero attached hydrogens (tertiary/aromatic N) is 3. The van der Waals surface area contributed by atoms with Crippen molar-refractivity contribution in [3.63, 3.8) is 0 Å². The van der Waals surface area contributed by atoms with Crippen molar-refractivity contribution in [1.82, 2.24) is 9.88 Å². The van der Waals surface area contributed by atoms with Gasteiger partial charge in [-0.25, -0.2) is 4.98 Å². The number of para-hydroxylation sites is 1. The van der Waals surface area contributed by atoms with E-state index in [1.165, 1.54) is 0 Å². The van der Waals surface area contributed by atoms with Crippen molar-refractivity contribution in [1.29, 1.82) is 5.26 Å². The maximum Gasteiger partial charge on any atom is 0.156 e. The molecule has 0 bridgehead atoms. The molecule has 0 radical (unpaired) electrons. The van der Waals surface area contributed by atoms with E-state index in [4.69, 9.17) is 15.7 Å². The Kier molecular flexibility index (Phi) is 3.50. The molecule has 1 aliphatic heterocycles. The molecule has 1 saturated heterocycles. The molecular formula is C15H16N4O. The molecule has 1 unspecified atom stereocenters. The number of nitrogen functional groups attached to an aromatic ring is 1. The summed E-state index contributed by atoms with van der Waals surface area (Å²) in [5.41, 5.74) is 7.95. The molecule has 0 aliphatic carbocycles. The van der Waals surface area contributed by atoms with E-state index in [2.05, 4.69) is 22.0 Å². The van der Waals surface area contributed by atoms with E-state index in [0.29, 0.717) is 25.5 Å². The van der Waals surface area contributed by atoms with Crippen molar-refractivity contribution < 1.29 is 4.74 Å². The summed E-state index contributed by atoms with van der Waals surface area (Å²) in [5, 5.41) is 10.0. The summed E-state index contributed by atoms with van der Waals surface area (Å²) in [5.74, 6) is 0.559. The van der Waals surface area contributed by atoms with Gasteiger partial charge in [0.05, 0.1) is 18.2 Å². The monoisotopic (exact) mass is 268 g/mol. The number of nitriles is 1. The third kappa shape index (κ3) is 2.57. The van der Waals surface area contributed by atoms with E-state index in [1.807, 2.05) is 24.3 Å². The number of morpholine rings is 1. The van der Waals surface area contributed by atoms with Crippen LogP contribution in [0.1, 0.15) is 5.56 Å². The van der Waals surface area contributed by atoms with Gasteiger partial charge >= 0.3 is 0 Å². The Hall–Kier alpha value is -2.16. The Labute approximate surface area is 117 Å². The Morgan fingerprint density at radius 1 is 1.45 bits per heavy atom. The number of hydrogen-bond acceptors (Lipinski definition) is 5. The number of anilines is 1. The predicted molar refractivity (Wildman–Crippen MR) is 76.8 cm³/mol. The number of ether oxygens (including phenoxy) is 1. The topological polar surface area (TPSA) is 75.2 Å². The highest BCUT2D eigenvalue weighted by molar-refractivity contribution is 5.81. The van der Waals surface area contributed by atoms with Crippen LogP contribution in [0.3, 0.4) is 0 Å². The lowest BCUT2D eigenvalue weighted by Crippen LogP contribution is -2.41. The van der Waals surface area contributed by atoms with Crippen LogP contribution < -0.4 is 5.73 Å². The molecule has 1 aromatic heterocycles. The number of aromatic nitrogens is 1. The molecule has 1 aromatic carbocycles. The summed E-state index contributed by atoms with van der Waals surface area (Å²) in [4.78, 5) is 6.62. The van der Waals surface area contributed by atoms with E-state index >= 15 is 0 Å². The summed E-state index contributed by atoms with van der Waals surface area (Å²) in [6.07, 6.45) is -0.349. The van der Waals surface area contributed by atoms with Crippen LogP contribution in [0.25, 0.3) is 10.9 Å². The minimum absolute atomic E-state index is 0.349. The molecule has 1 atom stereocenters. The van der Waals surface area contributed by atoms with Crippen LogP contribution in [0, 0.1) is 11.3 Å². The average molecular weight is 268 g/mol. The summed E-state index contributed by atoms with van der Waals surface area (Å²) in [6.45, 7) is 2.71. The van der Waals surface area contributed by atoms with Gasteiger partial charge in [0.2, 0.25) is 0 Å².